The van der Waals surface area contributed by atoms with Gasteiger partial charge in [-0.1, -0.05) is 43.7 Å². The molecule has 0 spiro atoms. The topological polar surface area (TPSA) is 51.6 Å². The number of nitrogens with zero attached hydrogens (tertiary/aromatic N) is 4. The first-order valence-corrected chi connectivity index (χ1v) is 9.14. The van der Waals surface area contributed by atoms with E-state index in [1.807, 2.05) is 55.0 Å². The van der Waals surface area contributed by atoms with Crippen molar-refractivity contribution in [2.75, 3.05) is 0 Å². The maximum atomic E-state index is 4.67. The molecule has 2 heterocycles. The van der Waals surface area contributed by atoms with Gasteiger partial charge in [0.15, 0.2) is 11.6 Å². The zero-order chi connectivity index (χ0) is 18.2. The molecule has 0 aliphatic carbocycles. The monoisotopic (exact) mass is 344 g/mol. The van der Waals surface area contributed by atoms with E-state index in [1.165, 1.54) is 5.56 Å². The minimum atomic E-state index is 0.746. The zero-order valence-electron chi connectivity index (χ0n) is 15.2. The molecule has 1 aromatic carbocycles. The highest BCUT2D eigenvalue weighted by Gasteiger charge is 2.06. The Labute approximate surface area is 155 Å². The summed E-state index contributed by atoms with van der Waals surface area (Å²) in [5.41, 5.74) is 4.24. The third kappa shape index (κ3) is 4.60. The Morgan fingerprint density at radius 2 is 1.58 bits per heavy atom. The number of aromatic nitrogens is 4. The molecule has 0 saturated carbocycles. The lowest BCUT2D eigenvalue weighted by Crippen LogP contribution is -1.96. The molecule has 3 aromatic rings. The van der Waals surface area contributed by atoms with Crippen LogP contribution in [0.15, 0.2) is 61.6 Å². The predicted octanol–water partition coefficient (Wildman–Crippen LogP) is 5.06. The van der Waals surface area contributed by atoms with Crippen LogP contribution in [0.2, 0.25) is 0 Å². The van der Waals surface area contributed by atoms with Crippen molar-refractivity contribution >= 4 is 0 Å². The van der Waals surface area contributed by atoms with Gasteiger partial charge in [0.2, 0.25) is 0 Å². The maximum Gasteiger partial charge on any atom is 0.159 e. The van der Waals surface area contributed by atoms with E-state index in [0.29, 0.717) is 0 Å². The Bertz CT molecular complexity index is 839. The van der Waals surface area contributed by atoms with Crippen LogP contribution < -0.4 is 0 Å². The summed E-state index contributed by atoms with van der Waals surface area (Å²) in [5.74, 6) is 1.50. The van der Waals surface area contributed by atoms with Crippen molar-refractivity contribution in [3.05, 3.63) is 72.8 Å². The first-order valence-electron chi connectivity index (χ1n) is 9.14. The largest absolute Gasteiger partial charge is 0.237 e. The average Bonchev–Trinajstić information content (AvgIpc) is 2.70. The van der Waals surface area contributed by atoms with Crippen molar-refractivity contribution in [1.82, 2.24) is 19.9 Å². The van der Waals surface area contributed by atoms with Crippen molar-refractivity contribution in [2.45, 2.75) is 39.0 Å². The molecule has 4 nitrogen and oxygen atoms in total. The fourth-order valence-electron chi connectivity index (χ4n) is 2.79. The molecule has 0 radical (unpaired) electrons. The molecule has 132 valence electrons. The fraction of sp³-hybridized carbons (Fsp3) is 0.273. The van der Waals surface area contributed by atoms with E-state index in [2.05, 4.69) is 33.4 Å². The van der Waals surface area contributed by atoms with Gasteiger partial charge in [0.25, 0.3) is 0 Å². The Balaban J connectivity index is 1.74. The van der Waals surface area contributed by atoms with Gasteiger partial charge in [-0.15, -0.1) is 6.58 Å². The van der Waals surface area contributed by atoms with E-state index in [0.717, 1.165) is 60.6 Å². The molecule has 3 rings (SSSR count). The molecule has 0 aliphatic heterocycles. The second-order valence-electron chi connectivity index (χ2n) is 6.29. The van der Waals surface area contributed by atoms with Gasteiger partial charge < -0.3 is 0 Å². The number of aryl methyl sites for hydroxylation is 2. The highest BCUT2D eigenvalue weighted by Crippen LogP contribution is 2.21. The van der Waals surface area contributed by atoms with Gasteiger partial charge in [-0.05, 0) is 37.3 Å². The summed E-state index contributed by atoms with van der Waals surface area (Å²) >= 11 is 0. The van der Waals surface area contributed by atoms with E-state index >= 15 is 0 Å². The molecule has 0 N–H and O–H groups in total. The number of unbranched alkanes of at least 4 members (excludes halogenated alkanes) is 1. The van der Waals surface area contributed by atoms with Crippen LogP contribution in [-0.2, 0) is 12.8 Å². The van der Waals surface area contributed by atoms with Gasteiger partial charge in [-0.25, -0.2) is 19.9 Å². The molecule has 0 fully saturated rings. The number of allylic oxidation sites excluding steroid dienone is 1. The normalized spacial score (nSPS) is 10.7. The number of benzene rings is 1. The van der Waals surface area contributed by atoms with E-state index < -0.39 is 0 Å². The zero-order valence-corrected chi connectivity index (χ0v) is 15.2. The van der Waals surface area contributed by atoms with Gasteiger partial charge >= 0.3 is 0 Å². The molecule has 0 saturated heterocycles. The number of rotatable bonds is 8. The second kappa shape index (κ2) is 8.99. The van der Waals surface area contributed by atoms with Gasteiger partial charge in [-0.3, -0.25) is 0 Å². The first-order chi connectivity index (χ1) is 12.8. The van der Waals surface area contributed by atoms with Crippen molar-refractivity contribution in [2.24, 2.45) is 0 Å². The summed E-state index contributed by atoms with van der Waals surface area (Å²) in [6, 6.07) is 10.1. The molecule has 0 bridgehead atoms. The molecule has 4 heteroatoms. The predicted molar refractivity (Wildman–Crippen MR) is 106 cm³/mol. The van der Waals surface area contributed by atoms with Crippen LogP contribution in [0.3, 0.4) is 0 Å². The minimum absolute atomic E-state index is 0.746. The third-order valence-corrected chi connectivity index (χ3v) is 4.20. The van der Waals surface area contributed by atoms with Crippen LogP contribution in [0.25, 0.3) is 22.8 Å². The summed E-state index contributed by atoms with van der Waals surface area (Å²) in [4.78, 5) is 18.0. The smallest absolute Gasteiger partial charge is 0.159 e. The highest BCUT2D eigenvalue weighted by molar-refractivity contribution is 5.63. The van der Waals surface area contributed by atoms with Gasteiger partial charge in [0.1, 0.15) is 0 Å². The molecular formula is C22H24N4. The van der Waals surface area contributed by atoms with E-state index in [1.54, 1.807) is 0 Å². The quantitative estimate of drug-likeness (QED) is 0.423. The average molecular weight is 344 g/mol. The lowest BCUT2D eigenvalue weighted by Gasteiger charge is -2.05. The van der Waals surface area contributed by atoms with Crippen LogP contribution in [0.5, 0.6) is 0 Å². The van der Waals surface area contributed by atoms with Gasteiger partial charge in [0, 0.05) is 35.4 Å². The van der Waals surface area contributed by atoms with Crippen molar-refractivity contribution in [1.29, 1.82) is 0 Å². The molecular weight excluding hydrogens is 320 g/mol. The van der Waals surface area contributed by atoms with Crippen molar-refractivity contribution in [3.8, 4) is 22.8 Å². The minimum Gasteiger partial charge on any atom is -0.237 e. The summed E-state index contributed by atoms with van der Waals surface area (Å²) in [5, 5.41) is 0. The van der Waals surface area contributed by atoms with Crippen LogP contribution >= 0.6 is 0 Å². The Hall–Kier alpha value is -2.88. The lowest BCUT2D eigenvalue weighted by atomic mass is 10.1. The Morgan fingerprint density at radius 3 is 2.23 bits per heavy atom. The number of hydrogen-bond acceptors (Lipinski definition) is 4. The molecule has 0 aliphatic rings. The molecule has 0 atom stereocenters. The standard InChI is InChI=1S/C22H24N4/c1-3-5-6-8-20-13-14-23-22(26-20)19-11-9-18(10-12-19)21-24-15-17(7-4-2)16-25-21/h3,9-16H,1,4-8H2,2H3. The molecule has 0 unspecified atom stereocenters. The van der Waals surface area contributed by atoms with Crippen molar-refractivity contribution in [3.63, 3.8) is 0 Å². The third-order valence-electron chi connectivity index (χ3n) is 4.20. The van der Waals surface area contributed by atoms with E-state index in [9.17, 15) is 0 Å². The van der Waals surface area contributed by atoms with Crippen LogP contribution in [0, 0.1) is 0 Å². The molecule has 26 heavy (non-hydrogen) atoms. The highest BCUT2D eigenvalue weighted by atomic mass is 14.9. The summed E-state index contributed by atoms with van der Waals surface area (Å²) < 4.78 is 0. The fourth-order valence-corrected chi connectivity index (χ4v) is 2.79. The second-order valence-corrected chi connectivity index (χ2v) is 6.29. The van der Waals surface area contributed by atoms with Gasteiger partial charge in [0.05, 0.1) is 0 Å². The summed E-state index contributed by atoms with van der Waals surface area (Å²) in [6.45, 7) is 5.92. The summed E-state index contributed by atoms with van der Waals surface area (Å²) in [7, 11) is 0. The lowest BCUT2D eigenvalue weighted by molar-refractivity contribution is 0.815. The Morgan fingerprint density at radius 1 is 0.885 bits per heavy atom. The van der Waals surface area contributed by atoms with E-state index in [-0.39, 0.29) is 0 Å². The number of hydrogen-bond donors (Lipinski definition) is 0. The van der Waals surface area contributed by atoms with E-state index in [4.69, 9.17) is 0 Å². The summed E-state index contributed by atoms with van der Waals surface area (Å²) in [6.07, 6.45) is 12.7. The SMILES string of the molecule is C=CCCCc1ccnc(-c2ccc(-c3ncc(CCC)cn3)cc2)n1. The molecule has 0 amide bonds. The maximum absolute atomic E-state index is 4.67. The van der Waals surface area contributed by atoms with Crippen LogP contribution in [0.1, 0.15) is 37.4 Å². The Kier molecular flexibility index (Phi) is 6.20. The van der Waals surface area contributed by atoms with Crippen molar-refractivity contribution < 1.29 is 0 Å². The van der Waals surface area contributed by atoms with Crippen LogP contribution in [-0.4, -0.2) is 19.9 Å². The van der Waals surface area contributed by atoms with Gasteiger partial charge in [-0.2, -0.15) is 0 Å². The van der Waals surface area contributed by atoms with Crippen LogP contribution in [0.4, 0.5) is 0 Å². The molecule has 2 aromatic heterocycles. The first kappa shape index (κ1) is 17.9.